The van der Waals surface area contributed by atoms with Crippen LogP contribution in [0, 0.1) is 0 Å². The van der Waals surface area contributed by atoms with Gasteiger partial charge in [-0.25, -0.2) is 0 Å². The van der Waals surface area contributed by atoms with Gasteiger partial charge >= 0.3 is 0 Å². The van der Waals surface area contributed by atoms with Gasteiger partial charge in [0.25, 0.3) is 0 Å². The molecule has 1 amide bonds. The molecule has 3 rings (SSSR count). The highest BCUT2D eigenvalue weighted by atomic mass is 16.1. The third kappa shape index (κ3) is 2.11. The molecule has 1 aliphatic rings. The van der Waals surface area contributed by atoms with Gasteiger partial charge in [0.15, 0.2) is 0 Å². The fourth-order valence-corrected chi connectivity index (χ4v) is 3.15. The van der Waals surface area contributed by atoms with E-state index in [0.29, 0.717) is 0 Å². The summed E-state index contributed by atoms with van der Waals surface area (Å²) in [5.74, 6) is -0.566. The summed E-state index contributed by atoms with van der Waals surface area (Å²) in [5.41, 5.74) is 11.6. The number of rotatable bonds is 2. The molecule has 0 saturated heterocycles. The van der Waals surface area contributed by atoms with E-state index in [0.717, 1.165) is 30.4 Å². The van der Waals surface area contributed by atoms with Gasteiger partial charge in [0.05, 0.1) is 5.92 Å². The molecule has 0 aliphatic heterocycles. The summed E-state index contributed by atoms with van der Waals surface area (Å²) < 4.78 is 0. The lowest BCUT2D eigenvalue weighted by Crippen LogP contribution is -2.23. The van der Waals surface area contributed by atoms with Gasteiger partial charge in [-0.05, 0) is 47.1 Å². The van der Waals surface area contributed by atoms with Crippen molar-refractivity contribution in [1.82, 2.24) is 0 Å². The SMILES string of the molecule is CCc1ccc2c(c1)[C@@H](C(N)=O)c1ccccc1CC2. The number of carbonyl (C=O) groups excluding carboxylic acids is 1. The van der Waals surface area contributed by atoms with E-state index in [2.05, 4.69) is 31.2 Å². The Hall–Kier alpha value is -2.09. The zero-order chi connectivity index (χ0) is 14.1. The maximum absolute atomic E-state index is 12.1. The molecule has 2 aromatic rings. The summed E-state index contributed by atoms with van der Waals surface area (Å²) in [6.45, 7) is 2.13. The van der Waals surface area contributed by atoms with Gasteiger partial charge in [-0.2, -0.15) is 0 Å². The van der Waals surface area contributed by atoms with Gasteiger partial charge in [-0.3, -0.25) is 4.79 Å². The summed E-state index contributed by atoms with van der Waals surface area (Å²) in [5, 5.41) is 0. The maximum atomic E-state index is 12.1. The smallest absolute Gasteiger partial charge is 0.229 e. The monoisotopic (exact) mass is 265 g/mol. The number of benzene rings is 2. The van der Waals surface area contributed by atoms with Crippen LogP contribution in [0.1, 0.15) is 40.7 Å². The topological polar surface area (TPSA) is 43.1 Å². The zero-order valence-corrected chi connectivity index (χ0v) is 11.7. The van der Waals surface area contributed by atoms with Gasteiger partial charge in [-0.15, -0.1) is 0 Å². The quantitative estimate of drug-likeness (QED) is 0.891. The third-order valence-electron chi connectivity index (χ3n) is 4.24. The largest absolute Gasteiger partial charge is 0.369 e. The van der Waals surface area contributed by atoms with Crippen LogP contribution >= 0.6 is 0 Å². The van der Waals surface area contributed by atoms with Crippen molar-refractivity contribution in [1.29, 1.82) is 0 Å². The minimum Gasteiger partial charge on any atom is -0.369 e. The molecule has 2 aromatic carbocycles. The standard InChI is InChI=1S/C18H19NO/c1-2-12-7-8-14-10-9-13-5-3-4-6-15(13)17(18(19)20)16(14)11-12/h3-8,11,17H,2,9-10H2,1H3,(H2,19,20)/t17-/m0/s1. The van der Waals surface area contributed by atoms with E-state index in [1.165, 1.54) is 16.7 Å². The molecular formula is C18H19NO. The predicted octanol–water partition coefficient (Wildman–Crippen LogP) is 2.96. The molecule has 0 saturated carbocycles. The Kier molecular flexibility index (Phi) is 3.31. The molecule has 102 valence electrons. The normalized spacial score (nSPS) is 16.9. The second-order valence-electron chi connectivity index (χ2n) is 5.42. The second-order valence-corrected chi connectivity index (χ2v) is 5.42. The van der Waals surface area contributed by atoms with E-state index < -0.39 is 0 Å². The number of aryl methyl sites for hydroxylation is 3. The molecule has 0 unspecified atom stereocenters. The maximum Gasteiger partial charge on any atom is 0.229 e. The van der Waals surface area contributed by atoms with Crippen LogP contribution in [0.4, 0.5) is 0 Å². The number of primary amides is 1. The summed E-state index contributed by atoms with van der Waals surface area (Å²) in [7, 11) is 0. The molecule has 20 heavy (non-hydrogen) atoms. The summed E-state index contributed by atoms with van der Waals surface area (Å²) in [4.78, 5) is 12.1. The molecule has 0 aromatic heterocycles. The van der Waals surface area contributed by atoms with E-state index in [9.17, 15) is 4.79 Å². The fraction of sp³-hybridized carbons (Fsp3) is 0.278. The molecular weight excluding hydrogens is 246 g/mol. The van der Waals surface area contributed by atoms with Crippen LogP contribution in [0.5, 0.6) is 0 Å². The number of hydrogen-bond donors (Lipinski definition) is 1. The van der Waals surface area contributed by atoms with Crippen molar-refractivity contribution in [2.24, 2.45) is 5.73 Å². The number of fused-ring (bicyclic) bond motifs is 2. The lowest BCUT2D eigenvalue weighted by Gasteiger charge is -2.18. The van der Waals surface area contributed by atoms with Crippen molar-refractivity contribution in [3.05, 3.63) is 70.3 Å². The van der Waals surface area contributed by atoms with Gasteiger partial charge in [0, 0.05) is 0 Å². The summed E-state index contributed by atoms with van der Waals surface area (Å²) in [6.07, 6.45) is 2.92. The van der Waals surface area contributed by atoms with E-state index in [1.807, 2.05) is 18.2 Å². The predicted molar refractivity (Wildman–Crippen MR) is 80.7 cm³/mol. The van der Waals surface area contributed by atoms with Crippen molar-refractivity contribution in [3.8, 4) is 0 Å². The van der Waals surface area contributed by atoms with Crippen molar-refractivity contribution in [2.75, 3.05) is 0 Å². The van der Waals surface area contributed by atoms with E-state index in [4.69, 9.17) is 5.73 Å². The third-order valence-corrected chi connectivity index (χ3v) is 4.24. The first-order chi connectivity index (χ1) is 9.70. The lowest BCUT2D eigenvalue weighted by atomic mass is 9.86. The highest BCUT2D eigenvalue weighted by Gasteiger charge is 2.27. The Bertz CT molecular complexity index is 660. The minimum absolute atomic E-state index is 0.256. The van der Waals surface area contributed by atoms with Crippen LogP contribution < -0.4 is 5.73 Å². The first kappa shape index (κ1) is 12.9. The summed E-state index contributed by atoms with van der Waals surface area (Å²) in [6, 6.07) is 14.7. The van der Waals surface area contributed by atoms with Crippen LogP contribution in [-0.2, 0) is 24.1 Å². The Morgan fingerprint density at radius 2 is 1.80 bits per heavy atom. The Morgan fingerprint density at radius 3 is 2.50 bits per heavy atom. The van der Waals surface area contributed by atoms with Crippen molar-refractivity contribution < 1.29 is 4.79 Å². The molecule has 0 spiro atoms. The Labute approximate surface area is 119 Å². The highest BCUT2D eigenvalue weighted by Crippen LogP contribution is 2.34. The molecule has 0 fully saturated rings. The molecule has 0 heterocycles. The molecule has 1 atom stereocenters. The van der Waals surface area contributed by atoms with Gasteiger partial charge in [0.2, 0.25) is 5.91 Å². The number of amides is 1. The van der Waals surface area contributed by atoms with Crippen molar-refractivity contribution in [2.45, 2.75) is 32.1 Å². The zero-order valence-electron chi connectivity index (χ0n) is 11.7. The van der Waals surface area contributed by atoms with Crippen LogP contribution in [0.25, 0.3) is 0 Å². The first-order valence-corrected chi connectivity index (χ1v) is 7.19. The Morgan fingerprint density at radius 1 is 1.10 bits per heavy atom. The van der Waals surface area contributed by atoms with Crippen LogP contribution in [0.3, 0.4) is 0 Å². The van der Waals surface area contributed by atoms with E-state index in [-0.39, 0.29) is 11.8 Å². The first-order valence-electron chi connectivity index (χ1n) is 7.19. The molecule has 0 bridgehead atoms. The highest BCUT2D eigenvalue weighted by molar-refractivity contribution is 5.87. The van der Waals surface area contributed by atoms with Crippen LogP contribution in [0.15, 0.2) is 42.5 Å². The molecule has 1 aliphatic carbocycles. The molecule has 0 radical (unpaired) electrons. The number of carbonyl (C=O) groups is 1. The van der Waals surface area contributed by atoms with Crippen LogP contribution in [0.2, 0.25) is 0 Å². The molecule has 2 N–H and O–H groups in total. The lowest BCUT2D eigenvalue weighted by molar-refractivity contribution is -0.118. The van der Waals surface area contributed by atoms with Crippen LogP contribution in [-0.4, -0.2) is 5.91 Å². The summed E-state index contributed by atoms with van der Waals surface area (Å²) >= 11 is 0. The van der Waals surface area contributed by atoms with Crippen molar-refractivity contribution >= 4 is 5.91 Å². The minimum atomic E-state index is -0.310. The Balaban J connectivity index is 2.22. The van der Waals surface area contributed by atoms with Gasteiger partial charge in [-0.1, -0.05) is 49.4 Å². The van der Waals surface area contributed by atoms with Gasteiger partial charge < -0.3 is 5.73 Å². The van der Waals surface area contributed by atoms with E-state index in [1.54, 1.807) is 0 Å². The fourth-order valence-electron chi connectivity index (χ4n) is 3.15. The average molecular weight is 265 g/mol. The van der Waals surface area contributed by atoms with Gasteiger partial charge in [0.1, 0.15) is 0 Å². The molecule has 2 heteroatoms. The van der Waals surface area contributed by atoms with Crippen molar-refractivity contribution in [3.63, 3.8) is 0 Å². The number of hydrogen-bond acceptors (Lipinski definition) is 1. The average Bonchev–Trinajstić information content (AvgIpc) is 2.62. The van der Waals surface area contributed by atoms with E-state index >= 15 is 0 Å². The molecule has 2 nitrogen and oxygen atoms in total. The second kappa shape index (κ2) is 5.12. The number of nitrogens with two attached hydrogens (primary N) is 1.